The molecule has 178 valence electrons. The maximum atomic E-state index is 13.0. The highest BCUT2D eigenvalue weighted by molar-refractivity contribution is 7.91. The summed E-state index contributed by atoms with van der Waals surface area (Å²) in [6.07, 6.45) is 0.552. The second-order valence-electron chi connectivity index (χ2n) is 7.06. The van der Waals surface area contributed by atoms with Gasteiger partial charge in [0, 0.05) is 5.75 Å². The van der Waals surface area contributed by atoms with Crippen LogP contribution in [0.15, 0.2) is 46.2 Å². The van der Waals surface area contributed by atoms with Crippen molar-refractivity contribution in [2.75, 3.05) is 24.7 Å². The molecule has 0 unspecified atom stereocenters. The minimum absolute atomic E-state index is 0.00857. The van der Waals surface area contributed by atoms with Crippen molar-refractivity contribution in [3.05, 3.63) is 46.4 Å². The molecular weight excluding hydrogens is 499 g/mol. The molecule has 0 aliphatic heterocycles. The third-order valence-corrected chi connectivity index (χ3v) is 8.57. The topological polar surface area (TPSA) is 107 Å². The third-order valence-electron chi connectivity index (χ3n) is 4.49. The van der Waals surface area contributed by atoms with E-state index in [0.29, 0.717) is 6.61 Å². The van der Waals surface area contributed by atoms with E-state index in [1.165, 1.54) is 43.3 Å². The lowest BCUT2D eigenvalue weighted by molar-refractivity contribution is 0.125. The summed E-state index contributed by atoms with van der Waals surface area (Å²) >= 11 is 12.4. The predicted octanol–water partition coefficient (Wildman–Crippen LogP) is 4.18. The normalized spacial score (nSPS) is 13.0. The van der Waals surface area contributed by atoms with Gasteiger partial charge in [0.25, 0.3) is 0 Å². The number of aliphatic hydroxyl groups excluding tert-OH is 1. The molecule has 11 heteroatoms. The number of ether oxygens (including phenoxy) is 2. The maximum Gasteiger partial charge on any atom is 0.206 e. The van der Waals surface area contributed by atoms with Crippen molar-refractivity contribution >= 4 is 42.9 Å². The Hall–Kier alpha value is -1.52. The molecule has 2 aromatic rings. The van der Waals surface area contributed by atoms with E-state index >= 15 is 0 Å². The van der Waals surface area contributed by atoms with Crippen LogP contribution >= 0.6 is 23.2 Å². The zero-order chi connectivity index (χ0) is 23.9. The lowest BCUT2D eigenvalue weighted by Crippen LogP contribution is -2.27. The second kappa shape index (κ2) is 11.6. The van der Waals surface area contributed by atoms with E-state index in [2.05, 4.69) is 0 Å². The minimum Gasteiger partial charge on any atom is -0.491 e. The van der Waals surface area contributed by atoms with Gasteiger partial charge in [-0.25, -0.2) is 16.8 Å². The van der Waals surface area contributed by atoms with Crippen LogP contribution in [-0.2, 0) is 19.7 Å². The Bertz CT molecular complexity index is 1090. The average Bonchev–Trinajstić information content (AvgIpc) is 2.74. The van der Waals surface area contributed by atoms with E-state index < -0.39 is 31.5 Å². The van der Waals surface area contributed by atoms with Crippen LogP contribution in [0.2, 0.25) is 10.0 Å². The van der Waals surface area contributed by atoms with Crippen LogP contribution in [-0.4, -0.2) is 52.8 Å². The van der Waals surface area contributed by atoms with Crippen molar-refractivity contribution in [1.82, 2.24) is 0 Å². The van der Waals surface area contributed by atoms with Gasteiger partial charge in [0.2, 0.25) is 9.84 Å². The number of hydrogen-bond donors (Lipinski definition) is 1. The molecule has 0 aliphatic carbocycles. The van der Waals surface area contributed by atoms with Gasteiger partial charge in [0.15, 0.2) is 15.6 Å². The van der Waals surface area contributed by atoms with Gasteiger partial charge >= 0.3 is 0 Å². The van der Waals surface area contributed by atoms with Crippen LogP contribution in [0.5, 0.6) is 11.5 Å². The van der Waals surface area contributed by atoms with Crippen molar-refractivity contribution < 1.29 is 31.4 Å². The van der Waals surface area contributed by atoms with Crippen molar-refractivity contribution in [2.24, 2.45) is 0 Å². The fourth-order valence-corrected chi connectivity index (χ4v) is 5.61. The van der Waals surface area contributed by atoms with Crippen LogP contribution in [0, 0.1) is 0 Å². The maximum absolute atomic E-state index is 13.0. The zero-order valence-corrected chi connectivity index (χ0v) is 20.9. The van der Waals surface area contributed by atoms with Crippen LogP contribution in [0.4, 0.5) is 0 Å². The number of hydrogen-bond acceptors (Lipinski definition) is 7. The largest absolute Gasteiger partial charge is 0.491 e. The van der Waals surface area contributed by atoms with E-state index in [9.17, 15) is 21.9 Å². The highest BCUT2D eigenvalue weighted by Gasteiger charge is 2.22. The number of halogens is 2. The lowest BCUT2D eigenvalue weighted by atomic mass is 10.3. The molecule has 0 saturated carbocycles. The number of rotatable bonds is 12. The summed E-state index contributed by atoms with van der Waals surface area (Å²) in [6.45, 7) is 3.69. The molecule has 0 radical (unpaired) electrons. The first kappa shape index (κ1) is 26.7. The summed E-state index contributed by atoms with van der Waals surface area (Å²) in [6, 6.07) is 8.09. The smallest absolute Gasteiger partial charge is 0.206 e. The lowest BCUT2D eigenvalue weighted by Gasteiger charge is -2.13. The Labute approximate surface area is 199 Å². The summed E-state index contributed by atoms with van der Waals surface area (Å²) in [7, 11) is -7.25. The molecule has 1 atom stereocenters. The first-order valence-corrected chi connectivity index (χ1v) is 14.0. The highest BCUT2D eigenvalue weighted by Crippen LogP contribution is 2.37. The number of sulfone groups is 2. The van der Waals surface area contributed by atoms with Gasteiger partial charge in [-0.3, -0.25) is 0 Å². The monoisotopic (exact) mass is 524 g/mol. The zero-order valence-electron chi connectivity index (χ0n) is 17.8. The molecule has 2 aromatic carbocycles. The first-order chi connectivity index (χ1) is 15.0. The van der Waals surface area contributed by atoms with Crippen LogP contribution in [0.1, 0.15) is 26.7 Å². The Balaban J connectivity index is 2.13. The molecule has 0 fully saturated rings. The molecule has 0 spiro atoms. The van der Waals surface area contributed by atoms with E-state index in [0.717, 1.165) is 12.8 Å². The van der Waals surface area contributed by atoms with Gasteiger partial charge in [0.05, 0.1) is 32.2 Å². The summed E-state index contributed by atoms with van der Waals surface area (Å²) in [5.74, 6) is 0.0485. The number of unbranched alkanes of at least 4 members (excludes halogenated alkanes) is 1. The molecule has 0 bridgehead atoms. The molecule has 0 saturated heterocycles. The predicted molar refractivity (Wildman–Crippen MR) is 125 cm³/mol. The van der Waals surface area contributed by atoms with Crippen LogP contribution in [0.3, 0.4) is 0 Å². The summed E-state index contributed by atoms with van der Waals surface area (Å²) in [4.78, 5) is -0.0880. The SMILES string of the molecule is CCCCOc1c(Cl)cc(S(=O)(=O)c2ccc(OC[C@@H](O)CS(=O)(=O)CC)cc2)cc1Cl. The van der Waals surface area contributed by atoms with Gasteiger partial charge in [-0.05, 0) is 42.8 Å². The minimum atomic E-state index is -3.91. The van der Waals surface area contributed by atoms with Gasteiger partial charge < -0.3 is 14.6 Å². The molecule has 7 nitrogen and oxygen atoms in total. The van der Waals surface area contributed by atoms with Gasteiger partial charge in [-0.2, -0.15) is 0 Å². The average molecular weight is 525 g/mol. The van der Waals surface area contributed by atoms with Crippen LogP contribution < -0.4 is 9.47 Å². The standard InChI is InChI=1S/C21H26Cl2O7S2/c1-3-5-10-29-21-19(22)11-18(12-20(21)23)32(27,28)17-8-6-16(7-9-17)30-13-15(24)14-31(25,26)4-2/h6-9,11-12,15,24H,3-5,10,13-14H2,1-2H3/t15-/m1/s1. The first-order valence-electron chi connectivity index (χ1n) is 9.98. The Kier molecular flexibility index (Phi) is 9.66. The fourth-order valence-electron chi connectivity index (χ4n) is 2.65. The molecule has 0 heterocycles. The van der Waals surface area contributed by atoms with E-state index in [4.69, 9.17) is 32.7 Å². The van der Waals surface area contributed by atoms with Gasteiger partial charge in [0.1, 0.15) is 18.5 Å². The van der Waals surface area contributed by atoms with Gasteiger partial charge in [-0.15, -0.1) is 0 Å². The Morgan fingerprint density at radius 1 is 0.938 bits per heavy atom. The van der Waals surface area contributed by atoms with Crippen molar-refractivity contribution in [3.63, 3.8) is 0 Å². The third kappa shape index (κ3) is 7.25. The van der Waals surface area contributed by atoms with Crippen molar-refractivity contribution in [1.29, 1.82) is 0 Å². The summed E-state index contributed by atoms with van der Waals surface area (Å²) < 4.78 is 59.9. The Morgan fingerprint density at radius 3 is 2.06 bits per heavy atom. The molecule has 0 aromatic heterocycles. The van der Waals surface area contributed by atoms with E-state index in [-0.39, 0.29) is 43.7 Å². The number of benzene rings is 2. The van der Waals surface area contributed by atoms with Crippen LogP contribution in [0.25, 0.3) is 0 Å². The molecular formula is C21H26Cl2O7S2. The molecule has 1 N–H and O–H groups in total. The Morgan fingerprint density at radius 2 is 1.53 bits per heavy atom. The summed E-state index contributed by atoms with van der Waals surface area (Å²) in [5, 5.41) is 10.0. The quantitative estimate of drug-likeness (QED) is 0.415. The molecule has 2 rings (SSSR count). The van der Waals surface area contributed by atoms with Crippen molar-refractivity contribution in [3.8, 4) is 11.5 Å². The molecule has 0 amide bonds. The second-order valence-corrected chi connectivity index (χ2v) is 12.2. The fraction of sp³-hybridized carbons (Fsp3) is 0.429. The highest BCUT2D eigenvalue weighted by atomic mass is 35.5. The molecule has 32 heavy (non-hydrogen) atoms. The van der Waals surface area contributed by atoms with Crippen molar-refractivity contribution in [2.45, 2.75) is 42.6 Å². The number of aliphatic hydroxyl groups is 1. The van der Waals surface area contributed by atoms with E-state index in [1.54, 1.807) is 0 Å². The van der Waals surface area contributed by atoms with Gasteiger partial charge in [-0.1, -0.05) is 43.5 Å². The van der Waals surface area contributed by atoms with E-state index in [1.807, 2.05) is 6.92 Å². The molecule has 0 aliphatic rings. The summed E-state index contributed by atoms with van der Waals surface area (Å²) in [5.41, 5.74) is 0.